The number of ether oxygens (including phenoxy) is 1. The van der Waals surface area contributed by atoms with Crippen molar-refractivity contribution in [1.82, 2.24) is 0 Å². The lowest BCUT2D eigenvalue weighted by molar-refractivity contribution is -0.111. The summed E-state index contributed by atoms with van der Waals surface area (Å²) in [6.45, 7) is 4.59. The van der Waals surface area contributed by atoms with Gasteiger partial charge in [0.15, 0.2) is 17.4 Å². The molecule has 2 aliphatic heterocycles. The third-order valence-electron chi connectivity index (χ3n) is 3.04. The Kier molecular flexibility index (Phi) is 3.43. The van der Waals surface area contributed by atoms with Crippen molar-refractivity contribution in [3.63, 3.8) is 0 Å². The number of amidine groups is 2. The molecule has 0 aliphatic carbocycles. The highest BCUT2D eigenvalue weighted by atomic mass is 16.5. The molecule has 1 amide bonds. The van der Waals surface area contributed by atoms with Crippen molar-refractivity contribution in [1.29, 1.82) is 0 Å². The maximum Gasteiger partial charge on any atom is 0.301 e. The lowest BCUT2D eigenvalue weighted by Gasteiger charge is -2.13. The summed E-state index contributed by atoms with van der Waals surface area (Å²) in [6.07, 6.45) is 2.21. The van der Waals surface area contributed by atoms with Gasteiger partial charge < -0.3 is 4.74 Å². The average molecular weight is 282 g/mol. The first-order valence-corrected chi connectivity index (χ1v) is 6.75. The van der Waals surface area contributed by atoms with Crippen LogP contribution in [0.2, 0.25) is 0 Å². The Bertz CT molecular complexity index is 729. The van der Waals surface area contributed by atoms with Gasteiger partial charge in [-0.3, -0.25) is 4.79 Å². The van der Waals surface area contributed by atoms with Crippen molar-refractivity contribution in [3.05, 3.63) is 29.3 Å². The first-order valence-electron chi connectivity index (χ1n) is 6.75. The molecule has 3 rings (SSSR count). The van der Waals surface area contributed by atoms with Gasteiger partial charge in [-0.15, -0.1) is 0 Å². The number of fused-ring (bicyclic) bond motifs is 1. The number of hydrogen-bond donors (Lipinski definition) is 0. The second kappa shape index (κ2) is 5.40. The van der Waals surface area contributed by atoms with E-state index in [1.54, 1.807) is 0 Å². The fourth-order valence-corrected chi connectivity index (χ4v) is 2.04. The van der Waals surface area contributed by atoms with Crippen LogP contribution in [0.3, 0.4) is 0 Å². The van der Waals surface area contributed by atoms with Gasteiger partial charge in [0.05, 0.1) is 12.2 Å². The zero-order chi connectivity index (χ0) is 14.8. The van der Waals surface area contributed by atoms with Gasteiger partial charge in [0.1, 0.15) is 12.1 Å². The summed E-state index contributed by atoms with van der Waals surface area (Å²) in [7, 11) is 0. The first kappa shape index (κ1) is 13.4. The molecule has 0 unspecified atom stereocenters. The number of nitrogens with zero attached hydrogens (tertiary/aromatic N) is 4. The summed E-state index contributed by atoms with van der Waals surface area (Å²) in [5.74, 6) is 0.881. The molecule has 0 saturated heterocycles. The lowest BCUT2D eigenvalue weighted by Crippen LogP contribution is -2.26. The number of hydrogen-bond acceptors (Lipinski definition) is 5. The number of carbonyl (C=O) groups is 1. The Morgan fingerprint density at radius 3 is 2.86 bits per heavy atom. The van der Waals surface area contributed by atoms with E-state index in [2.05, 4.69) is 20.0 Å². The minimum absolute atomic E-state index is 0.197. The van der Waals surface area contributed by atoms with Gasteiger partial charge in [-0.25, -0.2) is 15.0 Å². The number of rotatable bonds is 4. The summed E-state index contributed by atoms with van der Waals surface area (Å²) in [5, 5.41) is 0. The van der Waals surface area contributed by atoms with Gasteiger partial charge >= 0.3 is 5.91 Å². The molecule has 0 aromatic heterocycles. The van der Waals surface area contributed by atoms with Gasteiger partial charge in [-0.2, -0.15) is 4.99 Å². The van der Waals surface area contributed by atoms with E-state index in [1.165, 1.54) is 6.34 Å². The maximum atomic E-state index is 11.9. The van der Waals surface area contributed by atoms with Gasteiger partial charge in [0, 0.05) is 0 Å². The zero-order valence-electron chi connectivity index (χ0n) is 11.8. The summed E-state index contributed by atoms with van der Waals surface area (Å²) in [5.41, 5.74) is 1.94. The Balaban J connectivity index is 2.04. The quantitative estimate of drug-likeness (QED) is 0.846. The minimum atomic E-state index is -0.421. The second-order valence-electron chi connectivity index (χ2n) is 4.75. The zero-order valence-corrected chi connectivity index (χ0v) is 11.8. The fraction of sp³-hybridized carbons (Fsp3) is 0.267. The summed E-state index contributed by atoms with van der Waals surface area (Å²) in [6, 6.07) is 5.73. The van der Waals surface area contributed by atoms with E-state index in [4.69, 9.17) is 4.74 Å². The maximum absolute atomic E-state index is 11.9. The molecule has 1 aromatic rings. The molecule has 2 heterocycles. The minimum Gasteiger partial charge on any atom is -0.493 e. The number of amides is 1. The van der Waals surface area contributed by atoms with Crippen molar-refractivity contribution < 1.29 is 9.53 Å². The van der Waals surface area contributed by atoms with Crippen molar-refractivity contribution >= 4 is 29.6 Å². The monoisotopic (exact) mass is 282 g/mol. The molecule has 6 heteroatoms. The standard InChI is InChI=1S/C15H14N4O2/c1-3-6-21-11-5-4-9(2)7-10(11)13-18-14-12(15(20)19-13)16-8-17-14/h4-5,7-8H,3,6H2,1-2H3. The highest BCUT2D eigenvalue weighted by Gasteiger charge is 2.27. The van der Waals surface area contributed by atoms with Crippen molar-refractivity contribution in [2.45, 2.75) is 20.3 Å². The topological polar surface area (TPSA) is 75.7 Å². The van der Waals surface area contributed by atoms with Crippen LogP contribution >= 0.6 is 0 Å². The molecular formula is C15H14N4O2. The molecule has 0 fully saturated rings. The molecule has 2 aliphatic rings. The molecule has 0 N–H and O–H groups in total. The molecule has 0 radical (unpaired) electrons. The van der Waals surface area contributed by atoms with Crippen LogP contribution in [-0.4, -0.2) is 36.2 Å². The molecule has 106 valence electrons. The predicted molar refractivity (Wildman–Crippen MR) is 81.9 cm³/mol. The van der Waals surface area contributed by atoms with Gasteiger partial charge in [0.2, 0.25) is 0 Å². The first-order chi connectivity index (χ1) is 10.2. The fourth-order valence-electron chi connectivity index (χ4n) is 2.04. The van der Waals surface area contributed by atoms with E-state index in [-0.39, 0.29) is 5.71 Å². The largest absolute Gasteiger partial charge is 0.493 e. The van der Waals surface area contributed by atoms with Crippen molar-refractivity contribution in [2.24, 2.45) is 20.0 Å². The van der Waals surface area contributed by atoms with Crippen LogP contribution in [0.15, 0.2) is 38.2 Å². The Labute approximate surface area is 122 Å². The summed E-state index contributed by atoms with van der Waals surface area (Å²) in [4.78, 5) is 28.1. The molecule has 6 nitrogen and oxygen atoms in total. The smallest absolute Gasteiger partial charge is 0.301 e. The van der Waals surface area contributed by atoms with Crippen LogP contribution in [0.1, 0.15) is 24.5 Å². The molecule has 0 saturated carbocycles. The normalized spacial score (nSPS) is 16.3. The average Bonchev–Trinajstić information content (AvgIpc) is 2.95. The van der Waals surface area contributed by atoms with Crippen LogP contribution in [0.5, 0.6) is 5.75 Å². The molecule has 0 atom stereocenters. The van der Waals surface area contributed by atoms with Crippen molar-refractivity contribution in [2.75, 3.05) is 6.61 Å². The summed E-state index contributed by atoms with van der Waals surface area (Å²) < 4.78 is 5.71. The van der Waals surface area contributed by atoms with Crippen LogP contribution in [0.25, 0.3) is 0 Å². The van der Waals surface area contributed by atoms with Gasteiger partial charge in [-0.05, 0) is 25.5 Å². The van der Waals surface area contributed by atoms with E-state index in [9.17, 15) is 4.79 Å². The van der Waals surface area contributed by atoms with Crippen molar-refractivity contribution in [3.8, 4) is 5.75 Å². The van der Waals surface area contributed by atoms with Gasteiger partial charge in [0.25, 0.3) is 0 Å². The SMILES string of the molecule is CCCOc1ccc(C)cc1C1=NC(=O)C2=NC=NC2=N1. The van der Waals surface area contributed by atoms with Crippen LogP contribution in [0, 0.1) is 6.92 Å². The highest BCUT2D eigenvalue weighted by molar-refractivity contribution is 6.71. The Morgan fingerprint density at radius 1 is 1.19 bits per heavy atom. The molecule has 21 heavy (non-hydrogen) atoms. The Morgan fingerprint density at radius 2 is 2.05 bits per heavy atom. The second-order valence-corrected chi connectivity index (χ2v) is 4.75. The predicted octanol–water partition coefficient (Wildman–Crippen LogP) is 1.95. The molecule has 0 spiro atoms. The van der Waals surface area contributed by atoms with E-state index >= 15 is 0 Å². The van der Waals surface area contributed by atoms with E-state index in [1.807, 2.05) is 32.0 Å². The molecular weight excluding hydrogens is 268 g/mol. The van der Waals surface area contributed by atoms with Gasteiger partial charge in [-0.1, -0.05) is 18.6 Å². The van der Waals surface area contributed by atoms with Crippen LogP contribution in [-0.2, 0) is 4.79 Å². The number of benzene rings is 1. The molecule has 1 aromatic carbocycles. The third-order valence-corrected chi connectivity index (χ3v) is 3.04. The van der Waals surface area contributed by atoms with E-state index < -0.39 is 5.91 Å². The van der Waals surface area contributed by atoms with Crippen LogP contribution < -0.4 is 4.74 Å². The number of aryl methyl sites for hydroxylation is 1. The summed E-state index contributed by atoms with van der Waals surface area (Å²) >= 11 is 0. The number of aliphatic imine (C=N–C) groups is 4. The number of carbonyl (C=O) groups excluding carboxylic acids is 1. The van der Waals surface area contributed by atoms with E-state index in [0.717, 1.165) is 12.0 Å². The lowest BCUT2D eigenvalue weighted by atomic mass is 10.1. The molecule has 0 bridgehead atoms. The Hall–Kier alpha value is -2.63. The third kappa shape index (κ3) is 2.52. The van der Waals surface area contributed by atoms with E-state index in [0.29, 0.717) is 29.6 Å². The van der Waals surface area contributed by atoms with Crippen LogP contribution in [0.4, 0.5) is 0 Å². The highest BCUT2D eigenvalue weighted by Crippen LogP contribution is 2.23.